The van der Waals surface area contributed by atoms with E-state index in [9.17, 15) is 13.6 Å². The zero-order chi connectivity index (χ0) is 20.0. The lowest BCUT2D eigenvalue weighted by atomic mass is 10.1. The van der Waals surface area contributed by atoms with Crippen molar-refractivity contribution in [2.75, 3.05) is 5.32 Å². The molecular formula is C18H12BrF2N5O2. The Morgan fingerprint density at radius 2 is 2.04 bits per heavy atom. The van der Waals surface area contributed by atoms with Gasteiger partial charge in [0.2, 0.25) is 17.5 Å². The Morgan fingerprint density at radius 1 is 1.25 bits per heavy atom. The van der Waals surface area contributed by atoms with Crippen molar-refractivity contribution in [3.63, 3.8) is 0 Å². The number of anilines is 1. The molecule has 0 unspecified atom stereocenters. The first kappa shape index (κ1) is 18.2. The average molecular weight is 448 g/mol. The van der Waals surface area contributed by atoms with Crippen molar-refractivity contribution in [3.05, 3.63) is 64.2 Å². The van der Waals surface area contributed by atoms with Crippen molar-refractivity contribution < 1.29 is 18.0 Å². The highest BCUT2D eigenvalue weighted by Crippen LogP contribution is 2.29. The summed E-state index contributed by atoms with van der Waals surface area (Å²) >= 11 is 3.20. The Kier molecular flexibility index (Phi) is 4.42. The van der Waals surface area contributed by atoms with E-state index in [0.29, 0.717) is 16.1 Å². The number of hydrogen-bond acceptors (Lipinski definition) is 5. The highest BCUT2D eigenvalue weighted by atomic mass is 79.9. The number of benzene rings is 1. The summed E-state index contributed by atoms with van der Waals surface area (Å²) in [5.74, 6) is -1.52. The molecule has 7 nitrogen and oxygen atoms in total. The van der Waals surface area contributed by atoms with Crippen LogP contribution in [0.15, 0.2) is 39.5 Å². The van der Waals surface area contributed by atoms with Crippen LogP contribution in [-0.4, -0.2) is 25.3 Å². The van der Waals surface area contributed by atoms with Crippen LogP contribution in [0, 0.1) is 25.6 Å². The second-order valence-corrected chi connectivity index (χ2v) is 6.91. The second kappa shape index (κ2) is 6.79. The Balaban J connectivity index is 1.73. The SMILES string of the molecule is Cc1nc(C)c(C(=O)Nc2ccc(F)c(-c3nc4ncc(Br)cn4c3F)c2)o1. The van der Waals surface area contributed by atoms with Gasteiger partial charge in [0.25, 0.3) is 5.91 Å². The van der Waals surface area contributed by atoms with Crippen molar-refractivity contribution in [3.8, 4) is 11.3 Å². The van der Waals surface area contributed by atoms with Crippen LogP contribution in [0.1, 0.15) is 22.1 Å². The molecule has 1 N–H and O–H groups in total. The molecule has 1 amide bonds. The Labute approximate surface area is 165 Å². The van der Waals surface area contributed by atoms with Gasteiger partial charge in [0, 0.05) is 30.6 Å². The van der Waals surface area contributed by atoms with Crippen molar-refractivity contribution >= 4 is 33.3 Å². The number of oxazole rings is 1. The van der Waals surface area contributed by atoms with Gasteiger partial charge in [-0.25, -0.2) is 19.3 Å². The quantitative estimate of drug-likeness (QED) is 0.506. The van der Waals surface area contributed by atoms with E-state index in [1.54, 1.807) is 13.8 Å². The lowest BCUT2D eigenvalue weighted by molar-refractivity contribution is 0.0994. The van der Waals surface area contributed by atoms with Gasteiger partial charge in [0.15, 0.2) is 5.89 Å². The van der Waals surface area contributed by atoms with E-state index >= 15 is 0 Å². The number of nitrogens with one attached hydrogen (secondary N) is 1. The summed E-state index contributed by atoms with van der Waals surface area (Å²) in [6.45, 7) is 3.26. The van der Waals surface area contributed by atoms with Gasteiger partial charge in [-0.15, -0.1) is 0 Å². The molecule has 142 valence electrons. The third-order valence-corrected chi connectivity index (χ3v) is 4.39. The number of amides is 1. The van der Waals surface area contributed by atoms with E-state index < -0.39 is 17.7 Å². The topological polar surface area (TPSA) is 85.3 Å². The standard InChI is InChI=1S/C18H12BrF2N5O2/c1-8-15(28-9(2)23-8)17(27)24-11-3-4-13(20)12(5-11)14-16(21)26-7-10(19)6-22-18(26)25-14/h3-7H,1-2H3,(H,24,27). The monoisotopic (exact) mass is 447 g/mol. The summed E-state index contributed by atoms with van der Waals surface area (Å²) in [6.07, 6.45) is 2.90. The molecule has 10 heteroatoms. The smallest absolute Gasteiger partial charge is 0.293 e. The lowest BCUT2D eigenvalue weighted by Gasteiger charge is -2.07. The number of carbonyl (C=O) groups excluding carboxylic acids is 1. The van der Waals surface area contributed by atoms with Gasteiger partial charge in [0.1, 0.15) is 11.5 Å². The van der Waals surface area contributed by atoms with Crippen LogP contribution in [0.4, 0.5) is 14.5 Å². The van der Waals surface area contributed by atoms with Crippen LogP contribution in [0.25, 0.3) is 17.0 Å². The molecule has 0 aliphatic rings. The van der Waals surface area contributed by atoms with Gasteiger partial charge in [-0.3, -0.25) is 9.20 Å². The van der Waals surface area contributed by atoms with Crippen LogP contribution in [0.5, 0.6) is 0 Å². The normalized spacial score (nSPS) is 11.2. The van der Waals surface area contributed by atoms with Gasteiger partial charge in [-0.1, -0.05) is 0 Å². The van der Waals surface area contributed by atoms with Crippen LogP contribution in [0.3, 0.4) is 0 Å². The van der Waals surface area contributed by atoms with Gasteiger partial charge in [-0.2, -0.15) is 4.39 Å². The van der Waals surface area contributed by atoms with Crippen LogP contribution in [0.2, 0.25) is 0 Å². The zero-order valence-electron chi connectivity index (χ0n) is 14.6. The van der Waals surface area contributed by atoms with Crippen LogP contribution in [-0.2, 0) is 0 Å². The van der Waals surface area contributed by atoms with E-state index in [0.717, 1.165) is 10.5 Å². The molecular weight excluding hydrogens is 436 g/mol. The fourth-order valence-corrected chi connectivity index (χ4v) is 3.08. The van der Waals surface area contributed by atoms with E-state index in [4.69, 9.17) is 4.42 Å². The summed E-state index contributed by atoms with van der Waals surface area (Å²) < 4.78 is 36.1. The molecule has 0 bridgehead atoms. The first-order valence-corrected chi connectivity index (χ1v) is 8.87. The number of aromatic nitrogens is 4. The molecule has 28 heavy (non-hydrogen) atoms. The molecule has 0 aliphatic heterocycles. The third-order valence-electron chi connectivity index (χ3n) is 3.98. The molecule has 0 fully saturated rings. The highest BCUT2D eigenvalue weighted by Gasteiger charge is 2.20. The maximum absolute atomic E-state index is 14.8. The molecule has 0 saturated carbocycles. The van der Waals surface area contributed by atoms with Crippen molar-refractivity contribution in [2.45, 2.75) is 13.8 Å². The van der Waals surface area contributed by atoms with Crippen LogP contribution < -0.4 is 5.32 Å². The number of fused-ring (bicyclic) bond motifs is 1. The second-order valence-electron chi connectivity index (χ2n) is 5.99. The zero-order valence-corrected chi connectivity index (χ0v) is 16.2. The predicted molar refractivity (Wildman–Crippen MR) is 100.0 cm³/mol. The molecule has 0 spiro atoms. The minimum Gasteiger partial charge on any atom is -0.436 e. The van der Waals surface area contributed by atoms with Gasteiger partial charge < -0.3 is 9.73 Å². The molecule has 0 aliphatic carbocycles. The summed E-state index contributed by atoms with van der Waals surface area (Å²) in [7, 11) is 0. The number of nitrogens with zero attached hydrogens (tertiary/aromatic N) is 4. The van der Waals surface area contributed by atoms with E-state index in [-0.39, 0.29) is 28.5 Å². The molecule has 0 saturated heterocycles. The maximum Gasteiger partial charge on any atom is 0.293 e. The molecule has 3 aromatic heterocycles. The number of hydrogen-bond donors (Lipinski definition) is 1. The third kappa shape index (κ3) is 3.15. The fourth-order valence-electron chi connectivity index (χ4n) is 2.77. The predicted octanol–water partition coefficient (Wildman–Crippen LogP) is 4.29. The first-order valence-electron chi connectivity index (χ1n) is 8.08. The van der Waals surface area contributed by atoms with E-state index in [1.807, 2.05) is 0 Å². The summed E-state index contributed by atoms with van der Waals surface area (Å²) in [6, 6.07) is 3.78. The summed E-state index contributed by atoms with van der Waals surface area (Å²) in [4.78, 5) is 24.5. The molecule has 4 rings (SSSR count). The van der Waals surface area contributed by atoms with Crippen molar-refractivity contribution in [1.82, 2.24) is 19.4 Å². The van der Waals surface area contributed by atoms with Crippen LogP contribution >= 0.6 is 15.9 Å². The van der Waals surface area contributed by atoms with Gasteiger partial charge >= 0.3 is 0 Å². The van der Waals surface area contributed by atoms with Crippen molar-refractivity contribution in [1.29, 1.82) is 0 Å². The van der Waals surface area contributed by atoms with Gasteiger partial charge in [-0.05, 0) is 41.1 Å². The molecule has 3 heterocycles. The molecule has 0 atom stereocenters. The largest absolute Gasteiger partial charge is 0.436 e. The Bertz CT molecular complexity index is 1230. The number of aryl methyl sites for hydroxylation is 2. The number of carbonyl (C=O) groups is 1. The Hall–Kier alpha value is -3.14. The molecule has 0 radical (unpaired) electrons. The number of halogens is 3. The van der Waals surface area contributed by atoms with E-state index in [2.05, 4.69) is 36.2 Å². The Morgan fingerprint density at radius 3 is 2.75 bits per heavy atom. The minimum atomic E-state index is -0.770. The fraction of sp³-hybridized carbons (Fsp3) is 0.111. The highest BCUT2D eigenvalue weighted by molar-refractivity contribution is 9.10. The lowest BCUT2D eigenvalue weighted by Crippen LogP contribution is -2.12. The minimum absolute atomic E-state index is 0.0522. The summed E-state index contributed by atoms with van der Waals surface area (Å²) in [5.41, 5.74) is 0.356. The first-order chi connectivity index (χ1) is 13.3. The number of rotatable bonds is 3. The van der Waals surface area contributed by atoms with Crippen molar-refractivity contribution in [2.24, 2.45) is 0 Å². The summed E-state index contributed by atoms with van der Waals surface area (Å²) in [5, 5.41) is 2.59. The maximum atomic E-state index is 14.8. The molecule has 4 aromatic rings. The van der Waals surface area contributed by atoms with E-state index in [1.165, 1.54) is 24.5 Å². The average Bonchev–Trinajstić information content (AvgIpc) is 3.16. The molecule has 1 aromatic carbocycles. The number of imidazole rings is 1. The van der Waals surface area contributed by atoms with Gasteiger partial charge in [0.05, 0.1) is 10.2 Å².